The smallest absolute Gasteiger partial charge is 0.325 e. The lowest BCUT2D eigenvalue weighted by Gasteiger charge is -2.13. The highest BCUT2D eigenvalue weighted by Gasteiger charge is 2.17. The Bertz CT molecular complexity index is 516. The average molecular weight is 352 g/mol. The van der Waals surface area contributed by atoms with Gasteiger partial charge in [-0.15, -0.1) is 0 Å². The normalized spacial score (nSPS) is 13.3. The second-order valence-electron chi connectivity index (χ2n) is 4.20. The van der Waals surface area contributed by atoms with E-state index in [1.807, 2.05) is 0 Å². The molecule has 8 heteroatoms. The van der Waals surface area contributed by atoms with E-state index < -0.39 is 19.6 Å². The molecule has 1 rings (SSSR count). The Labute approximate surface area is 118 Å². The fourth-order valence-corrected chi connectivity index (χ4v) is 2.56. The summed E-state index contributed by atoms with van der Waals surface area (Å²) < 4.78 is 11.6. The van der Waals surface area contributed by atoms with Crippen molar-refractivity contribution < 1.29 is 24.3 Å². The largest absolute Gasteiger partial charge is 0.480 e. The zero-order chi connectivity index (χ0) is 14.6. The van der Waals surface area contributed by atoms with Crippen LogP contribution in [0.1, 0.15) is 11.1 Å². The molecule has 0 fully saturated rings. The zero-order valence-electron chi connectivity index (χ0n) is 9.99. The molecule has 1 aromatic rings. The Balaban J connectivity index is 2.91. The van der Waals surface area contributed by atoms with Gasteiger partial charge in [0.05, 0.1) is 6.16 Å². The second-order valence-corrected chi connectivity index (χ2v) is 6.89. The van der Waals surface area contributed by atoms with Gasteiger partial charge in [-0.1, -0.05) is 22.0 Å². The first-order chi connectivity index (χ1) is 8.69. The predicted octanol–water partition coefficient (Wildman–Crippen LogP) is 1.12. The summed E-state index contributed by atoms with van der Waals surface area (Å²) >= 11 is 3.27. The van der Waals surface area contributed by atoms with E-state index in [2.05, 4.69) is 15.9 Å². The van der Waals surface area contributed by atoms with Gasteiger partial charge in [0.15, 0.2) is 0 Å². The first-order valence-electron chi connectivity index (χ1n) is 5.49. The molecule has 0 heterocycles. The molecular formula is C11H15BrNO5P. The monoisotopic (exact) mass is 351 g/mol. The molecule has 0 aliphatic heterocycles. The third-order valence-electron chi connectivity index (χ3n) is 2.60. The summed E-state index contributed by atoms with van der Waals surface area (Å²) in [6.45, 7) is 0. The van der Waals surface area contributed by atoms with Crippen LogP contribution in [0.15, 0.2) is 22.7 Å². The maximum absolute atomic E-state index is 10.9. The highest BCUT2D eigenvalue weighted by Crippen LogP contribution is 2.35. The van der Waals surface area contributed by atoms with Crippen LogP contribution in [0, 0.1) is 0 Å². The number of carboxylic acids is 1. The van der Waals surface area contributed by atoms with Gasteiger partial charge in [-0.3, -0.25) is 9.36 Å². The topological polar surface area (TPSA) is 121 Å². The summed E-state index contributed by atoms with van der Waals surface area (Å²) in [5.74, 6) is -1.11. The van der Waals surface area contributed by atoms with E-state index in [0.717, 1.165) is 4.47 Å². The Morgan fingerprint density at radius 3 is 2.53 bits per heavy atom. The van der Waals surface area contributed by atoms with Gasteiger partial charge < -0.3 is 20.6 Å². The zero-order valence-corrected chi connectivity index (χ0v) is 12.5. The molecule has 19 heavy (non-hydrogen) atoms. The summed E-state index contributed by atoms with van der Waals surface area (Å²) in [5, 5.41) is 8.80. The summed E-state index contributed by atoms with van der Waals surface area (Å²) in [4.78, 5) is 28.5. The fourth-order valence-electron chi connectivity index (χ4n) is 1.62. The number of hydrogen-bond acceptors (Lipinski definition) is 3. The molecule has 0 bridgehead atoms. The molecule has 0 aliphatic carbocycles. The Kier molecular flexibility index (Phi) is 5.70. The highest BCUT2D eigenvalue weighted by atomic mass is 79.9. The maximum Gasteiger partial charge on any atom is 0.325 e. The van der Waals surface area contributed by atoms with Gasteiger partial charge in [-0.25, -0.2) is 0 Å². The number of rotatable bonds is 6. The summed E-state index contributed by atoms with van der Waals surface area (Å²) in [5.41, 5.74) is 6.86. The van der Waals surface area contributed by atoms with Crippen molar-refractivity contribution in [2.75, 3.05) is 6.16 Å². The van der Waals surface area contributed by atoms with Gasteiger partial charge in [-0.2, -0.15) is 0 Å². The van der Waals surface area contributed by atoms with Crippen molar-refractivity contribution in [3.63, 3.8) is 0 Å². The van der Waals surface area contributed by atoms with E-state index >= 15 is 0 Å². The lowest BCUT2D eigenvalue weighted by molar-refractivity contribution is -0.138. The van der Waals surface area contributed by atoms with E-state index in [1.165, 1.54) is 0 Å². The summed E-state index contributed by atoms with van der Waals surface area (Å²) in [6, 6.07) is 4.13. The van der Waals surface area contributed by atoms with Crippen LogP contribution in [0.25, 0.3) is 0 Å². The minimum absolute atomic E-state index is 0.116. The fraction of sp³-hybridized carbons (Fsp3) is 0.364. The molecule has 0 amide bonds. The molecule has 1 unspecified atom stereocenters. The summed E-state index contributed by atoms with van der Waals surface area (Å²) in [7, 11) is -4.08. The SMILES string of the molecule is NC(Cc1cc(Br)ccc1CCP(=O)(O)O)C(=O)O. The Hall–Kier alpha value is -0.720. The molecule has 0 aromatic heterocycles. The average Bonchev–Trinajstić information content (AvgIpc) is 2.26. The number of carbonyl (C=O) groups is 1. The molecule has 5 N–H and O–H groups in total. The molecule has 1 aromatic carbocycles. The highest BCUT2D eigenvalue weighted by molar-refractivity contribution is 9.10. The van der Waals surface area contributed by atoms with Crippen LogP contribution in [0.4, 0.5) is 0 Å². The van der Waals surface area contributed by atoms with Crippen LogP contribution in [-0.2, 0) is 22.2 Å². The van der Waals surface area contributed by atoms with Crippen LogP contribution < -0.4 is 5.73 Å². The molecular weight excluding hydrogens is 337 g/mol. The number of carboxylic acid groups (broad SMARTS) is 1. The van der Waals surface area contributed by atoms with E-state index in [9.17, 15) is 9.36 Å². The van der Waals surface area contributed by atoms with Gasteiger partial charge in [-0.05, 0) is 36.1 Å². The number of hydrogen-bond donors (Lipinski definition) is 4. The van der Waals surface area contributed by atoms with Crippen molar-refractivity contribution in [1.29, 1.82) is 0 Å². The standard InChI is InChI=1S/C11H15BrNO5P/c12-9-2-1-7(3-4-19(16,17)18)8(5-9)6-10(13)11(14)15/h1-2,5,10H,3-4,6,13H2,(H,14,15)(H2,16,17,18). The molecule has 1 atom stereocenters. The quantitative estimate of drug-likeness (QED) is 0.570. The third-order valence-corrected chi connectivity index (χ3v) is 3.90. The van der Waals surface area contributed by atoms with Crippen LogP contribution in [-0.4, -0.2) is 33.1 Å². The van der Waals surface area contributed by atoms with Gasteiger partial charge in [0, 0.05) is 4.47 Å². The van der Waals surface area contributed by atoms with E-state index in [0.29, 0.717) is 11.1 Å². The van der Waals surface area contributed by atoms with Gasteiger partial charge >= 0.3 is 13.6 Å². The van der Waals surface area contributed by atoms with Gasteiger partial charge in [0.25, 0.3) is 0 Å². The number of nitrogens with two attached hydrogens (primary N) is 1. The number of halogens is 1. The molecule has 0 saturated heterocycles. The number of aryl methyl sites for hydroxylation is 1. The predicted molar refractivity (Wildman–Crippen MR) is 74.1 cm³/mol. The van der Waals surface area contributed by atoms with E-state index in [1.54, 1.807) is 18.2 Å². The first kappa shape index (κ1) is 16.3. The van der Waals surface area contributed by atoms with Crippen molar-refractivity contribution in [3.8, 4) is 0 Å². The van der Waals surface area contributed by atoms with Crippen LogP contribution >= 0.6 is 23.5 Å². The third kappa shape index (κ3) is 5.84. The Morgan fingerprint density at radius 2 is 2.00 bits per heavy atom. The molecule has 106 valence electrons. The number of aliphatic carboxylic acids is 1. The molecule has 0 aliphatic rings. The van der Waals surface area contributed by atoms with Gasteiger partial charge in [0.2, 0.25) is 0 Å². The molecule has 0 saturated carbocycles. The minimum atomic E-state index is -4.08. The molecule has 0 spiro atoms. The van der Waals surface area contributed by atoms with E-state index in [4.69, 9.17) is 20.6 Å². The lowest BCUT2D eigenvalue weighted by Crippen LogP contribution is -2.32. The lowest BCUT2D eigenvalue weighted by atomic mass is 9.99. The van der Waals surface area contributed by atoms with Gasteiger partial charge in [0.1, 0.15) is 6.04 Å². The second kappa shape index (κ2) is 6.63. The van der Waals surface area contributed by atoms with Crippen molar-refractivity contribution in [2.45, 2.75) is 18.9 Å². The van der Waals surface area contributed by atoms with E-state index in [-0.39, 0.29) is 19.0 Å². The van der Waals surface area contributed by atoms with Crippen molar-refractivity contribution in [3.05, 3.63) is 33.8 Å². The molecule has 6 nitrogen and oxygen atoms in total. The maximum atomic E-state index is 10.9. The van der Waals surface area contributed by atoms with Crippen molar-refractivity contribution in [2.24, 2.45) is 5.73 Å². The minimum Gasteiger partial charge on any atom is -0.480 e. The van der Waals surface area contributed by atoms with Crippen LogP contribution in [0.5, 0.6) is 0 Å². The molecule has 0 radical (unpaired) electrons. The first-order valence-corrected chi connectivity index (χ1v) is 8.08. The number of benzene rings is 1. The van der Waals surface area contributed by atoms with Crippen molar-refractivity contribution >= 4 is 29.5 Å². The van der Waals surface area contributed by atoms with Crippen molar-refractivity contribution in [1.82, 2.24) is 0 Å². The van der Waals surface area contributed by atoms with Crippen LogP contribution in [0.3, 0.4) is 0 Å². The Morgan fingerprint density at radius 1 is 1.37 bits per heavy atom. The van der Waals surface area contributed by atoms with Crippen LogP contribution in [0.2, 0.25) is 0 Å². The summed E-state index contributed by atoms with van der Waals surface area (Å²) in [6.07, 6.45) is 0.0223.